The van der Waals surface area contributed by atoms with Gasteiger partial charge in [0.1, 0.15) is 18.5 Å². The van der Waals surface area contributed by atoms with E-state index in [9.17, 15) is 5.11 Å². The van der Waals surface area contributed by atoms with Crippen LogP contribution in [0.3, 0.4) is 0 Å². The van der Waals surface area contributed by atoms with E-state index in [0.717, 1.165) is 55.6 Å². The van der Waals surface area contributed by atoms with Crippen LogP contribution in [-0.4, -0.2) is 82.5 Å². The fourth-order valence-electron chi connectivity index (χ4n) is 3.64. The minimum absolute atomic E-state index is 0.263. The average molecular weight is 435 g/mol. The molecule has 0 saturated carbocycles. The predicted octanol–water partition coefficient (Wildman–Crippen LogP) is 2.33. The van der Waals surface area contributed by atoms with Gasteiger partial charge in [-0.25, -0.2) is 4.98 Å². The van der Waals surface area contributed by atoms with Crippen molar-refractivity contribution in [2.24, 2.45) is 0 Å². The van der Waals surface area contributed by atoms with E-state index in [4.69, 9.17) is 9.47 Å². The van der Waals surface area contributed by atoms with Crippen LogP contribution < -0.4 is 9.47 Å². The Balaban J connectivity index is 1.52. The SMILES string of the molecule is CCn1ccnc1CN(C)Cc1ccc(OCC(O)CN2CCSCC2)c(OC)c1. The minimum atomic E-state index is -0.508. The third-order valence-corrected chi connectivity index (χ3v) is 6.18. The molecule has 0 aliphatic carbocycles. The van der Waals surface area contributed by atoms with Gasteiger partial charge in [-0.3, -0.25) is 9.80 Å². The highest BCUT2D eigenvalue weighted by molar-refractivity contribution is 7.99. The number of imidazole rings is 1. The van der Waals surface area contributed by atoms with Crippen LogP contribution in [0.1, 0.15) is 18.3 Å². The van der Waals surface area contributed by atoms with Crippen LogP contribution in [0.2, 0.25) is 0 Å². The first-order chi connectivity index (χ1) is 14.6. The van der Waals surface area contributed by atoms with Crippen molar-refractivity contribution in [3.05, 3.63) is 42.0 Å². The molecular weight excluding hydrogens is 400 g/mol. The average Bonchev–Trinajstić information content (AvgIpc) is 3.20. The number of aryl methyl sites for hydroxylation is 1. The Hall–Kier alpha value is -1.74. The third-order valence-electron chi connectivity index (χ3n) is 5.24. The summed E-state index contributed by atoms with van der Waals surface area (Å²) in [4.78, 5) is 8.97. The molecule has 2 heterocycles. The molecule has 3 rings (SSSR count). The number of aliphatic hydroxyl groups excluding tert-OH is 1. The first-order valence-corrected chi connectivity index (χ1v) is 11.7. The summed E-state index contributed by atoms with van der Waals surface area (Å²) in [6, 6.07) is 5.99. The summed E-state index contributed by atoms with van der Waals surface area (Å²) in [5, 5.41) is 10.3. The lowest BCUT2D eigenvalue weighted by atomic mass is 10.2. The van der Waals surface area contributed by atoms with Crippen molar-refractivity contribution in [2.75, 3.05) is 51.9 Å². The molecule has 2 aromatic rings. The second-order valence-electron chi connectivity index (χ2n) is 7.66. The number of hydrogen-bond donors (Lipinski definition) is 1. The van der Waals surface area contributed by atoms with Crippen molar-refractivity contribution in [2.45, 2.75) is 32.7 Å². The van der Waals surface area contributed by atoms with Gasteiger partial charge in [0.05, 0.1) is 13.7 Å². The molecule has 1 aliphatic heterocycles. The lowest BCUT2D eigenvalue weighted by Gasteiger charge is -2.28. The van der Waals surface area contributed by atoms with Crippen LogP contribution in [0.15, 0.2) is 30.6 Å². The molecule has 0 radical (unpaired) electrons. The zero-order valence-corrected chi connectivity index (χ0v) is 19.1. The van der Waals surface area contributed by atoms with Gasteiger partial charge >= 0.3 is 0 Å². The van der Waals surface area contributed by atoms with E-state index in [0.29, 0.717) is 18.0 Å². The second kappa shape index (κ2) is 11.6. The van der Waals surface area contributed by atoms with Gasteiger partial charge in [-0.2, -0.15) is 11.8 Å². The van der Waals surface area contributed by atoms with Crippen molar-refractivity contribution in [1.82, 2.24) is 19.4 Å². The van der Waals surface area contributed by atoms with Gasteiger partial charge in [0.15, 0.2) is 11.5 Å². The van der Waals surface area contributed by atoms with Gasteiger partial charge in [-0.15, -0.1) is 0 Å². The number of methoxy groups -OCH3 is 1. The van der Waals surface area contributed by atoms with E-state index >= 15 is 0 Å². The highest BCUT2D eigenvalue weighted by Crippen LogP contribution is 2.29. The summed E-state index contributed by atoms with van der Waals surface area (Å²) in [6.07, 6.45) is 3.35. The Morgan fingerprint density at radius 1 is 1.23 bits per heavy atom. The van der Waals surface area contributed by atoms with Gasteiger partial charge in [0, 0.05) is 56.6 Å². The molecule has 1 N–H and O–H groups in total. The monoisotopic (exact) mass is 434 g/mol. The molecule has 8 heteroatoms. The van der Waals surface area contributed by atoms with E-state index < -0.39 is 6.10 Å². The molecule has 1 fully saturated rings. The molecule has 1 unspecified atom stereocenters. The van der Waals surface area contributed by atoms with E-state index in [1.165, 1.54) is 0 Å². The van der Waals surface area contributed by atoms with Crippen LogP contribution >= 0.6 is 11.8 Å². The summed E-state index contributed by atoms with van der Waals surface area (Å²) in [5.41, 5.74) is 1.14. The van der Waals surface area contributed by atoms with Crippen LogP contribution in [-0.2, 0) is 19.6 Å². The van der Waals surface area contributed by atoms with Crippen molar-refractivity contribution < 1.29 is 14.6 Å². The maximum atomic E-state index is 10.3. The van der Waals surface area contributed by atoms with Crippen molar-refractivity contribution in [1.29, 1.82) is 0 Å². The molecule has 0 spiro atoms. The summed E-state index contributed by atoms with van der Waals surface area (Å²) >= 11 is 1.97. The van der Waals surface area contributed by atoms with E-state index in [1.807, 2.05) is 36.3 Å². The molecule has 7 nitrogen and oxygen atoms in total. The number of benzene rings is 1. The largest absolute Gasteiger partial charge is 0.493 e. The van der Waals surface area contributed by atoms with Gasteiger partial charge in [-0.05, 0) is 31.7 Å². The summed E-state index contributed by atoms with van der Waals surface area (Å²) < 4.78 is 13.6. The summed E-state index contributed by atoms with van der Waals surface area (Å²) in [7, 11) is 3.73. The number of hydrogen-bond acceptors (Lipinski definition) is 7. The molecule has 1 atom stereocenters. The van der Waals surface area contributed by atoms with E-state index in [1.54, 1.807) is 7.11 Å². The molecule has 1 aromatic carbocycles. The quantitative estimate of drug-likeness (QED) is 0.582. The van der Waals surface area contributed by atoms with Gasteiger partial charge in [0.2, 0.25) is 0 Å². The molecule has 1 aromatic heterocycles. The molecular formula is C22H34N4O3S. The summed E-state index contributed by atoms with van der Waals surface area (Å²) in [5.74, 6) is 4.69. The van der Waals surface area contributed by atoms with Crippen LogP contribution in [0.5, 0.6) is 11.5 Å². The Morgan fingerprint density at radius 2 is 2.03 bits per heavy atom. The molecule has 30 heavy (non-hydrogen) atoms. The number of aliphatic hydroxyl groups is 1. The number of β-amino-alcohol motifs (C(OH)–C–C–N with tert-alkyl or cyclic N) is 1. The minimum Gasteiger partial charge on any atom is -0.493 e. The predicted molar refractivity (Wildman–Crippen MR) is 121 cm³/mol. The van der Waals surface area contributed by atoms with Crippen molar-refractivity contribution in [3.63, 3.8) is 0 Å². The maximum absolute atomic E-state index is 10.3. The zero-order chi connectivity index (χ0) is 21.3. The highest BCUT2D eigenvalue weighted by Gasteiger charge is 2.16. The number of thioether (sulfide) groups is 1. The number of aromatic nitrogens is 2. The topological polar surface area (TPSA) is 63.0 Å². The highest BCUT2D eigenvalue weighted by atomic mass is 32.2. The first kappa shape index (κ1) is 22.9. The standard InChI is InChI=1S/C22H34N4O3S/c1-4-26-8-7-23-22(26)16-24(2)14-18-5-6-20(21(13-18)28-3)29-17-19(27)15-25-9-11-30-12-10-25/h5-8,13,19,27H,4,9-12,14-17H2,1-3H3. The Kier molecular flexibility index (Phi) is 8.87. The fourth-order valence-corrected chi connectivity index (χ4v) is 4.62. The lowest BCUT2D eigenvalue weighted by Crippen LogP contribution is -2.40. The Labute approximate surface area is 184 Å². The number of rotatable bonds is 11. The Bertz CT molecular complexity index is 779. The lowest BCUT2D eigenvalue weighted by molar-refractivity contribution is 0.0704. The van der Waals surface area contributed by atoms with E-state index in [2.05, 4.69) is 39.4 Å². The fraction of sp³-hybridized carbons (Fsp3) is 0.591. The molecule has 1 aliphatic rings. The van der Waals surface area contributed by atoms with Crippen LogP contribution in [0.25, 0.3) is 0 Å². The van der Waals surface area contributed by atoms with Crippen molar-refractivity contribution >= 4 is 11.8 Å². The number of nitrogens with zero attached hydrogens (tertiary/aromatic N) is 4. The third kappa shape index (κ3) is 6.63. The molecule has 1 saturated heterocycles. The smallest absolute Gasteiger partial charge is 0.161 e. The first-order valence-electron chi connectivity index (χ1n) is 10.6. The van der Waals surface area contributed by atoms with Crippen LogP contribution in [0.4, 0.5) is 0 Å². The molecule has 0 amide bonds. The second-order valence-corrected chi connectivity index (χ2v) is 8.89. The van der Waals surface area contributed by atoms with E-state index in [-0.39, 0.29) is 6.61 Å². The number of ether oxygens (including phenoxy) is 2. The van der Waals surface area contributed by atoms with Gasteiger partial charge in [0.25, 0.3) is 0 Å². The van der Waals surface area contributed by atoms with Crippen LogP contribution in [0, 0.1) is 0 Å². The van der Waals surface area contributed by atoms with Crippen molar-refractivity contribution in [3.8, 4) is 11.5 Å². The molecule has 166 valence electrons. The normalized spacial score (nSPS) is 16.0. The Morgan fingerprint density at radius 3 is 2.77 bits per heavy atom. The maximum Gasteiger partial charge on any atom is 0.161 e. The van der Waals surface area contributed by atoms with Gasteiger partial charge in [-0.1, -0.05) is 6.07 Å². The van der Waals surface area contributed by atoms with Gasteiger partial charge < -0.3 is 19.1 Å². The zero-order valence-electron chi connectivity index (χ0n) is 18.3. The molecule has 0 bridgehead atoms. The summed E-state index contributed by atoms with van der Waals surface area (Å²) in [6.45, 7) is 7.59.